The minimum atomic E-state index is -0.774. The van der Waals surface area contributed by atoms with Gasteiger partial charge in [0.25, 0.3) is 0 Å². The largest absolute Gasteiger partial charge is 0.459 e. The van der Waals surface area contributed by atoms with Crippen molar-refractivity contribution in [2.24, 2.45) is 17.8 Å². The molecule has 0 spiro atoms. The van der Waals surface area contributed by atoms with Crippen LogP contribution in [0.4, 0.5) is 4.39 Å². The molecule has 0 radical (unpaired) electrons. The fourth-order valence-corrected chi connectivity index (χ4v) is 5.39. The molecule has 2 aliphatic rings. The predicted molar refractivity (Wildman–Crippen MR) is 120 cm³/mol. The van der Waals surface area contributed by atoms with Gasteiger partial charge in [0.15, 0.2) is 0 Å². The van der Waals surface area contributed by atoms with Crippen LogP contribution < -0.4 is 4.74 Å². The monoisotopic (exact) mass is 438 g/mol. The molecule has 4 atom stereocenters. The van der Waals surface area contributed by atoms with Crippen LogP contribution in [-0.2, 0) is 4.74 Å². The van der Waals surface area contributed by atoms with E-state index in [0.717, 1.165) is 31.1 Å². The van der Waals surface area contributed by atoms with Crippen molar-refractivity contribution in [3.8, 4) is 5.75 Å². The molecular formula is C27H31FO4. The van der Waals surface area contributed by atoms with Crippen LogP contribution in [-0.4, -0.2) is 18.0 Å². The molecule has 0 heterocycles. The maximum atomic E-state index is 13.7. The summed E-state index contributed by atoms with van der Waals surface area (Å²) in [4.78, 5) is 24.8. The summed E-state index contributed by atoms with van der Waals surface area (Å²) in [6.07, 6.45) is 9.53. The van der Waals surface area contributed by atoms with E-state index in [4.69, 9.17) is 9.47 Å². The van der Waals surface area contributed by atoms with Gasteiger partial charge < -0.3 is 9.47 Å². The average Bonchev–Trinajstić information content (AvgIpc) is 2.80. The molecule has 0 aromatic heterocycles. The molecule has 2 aliphatic carbocycles. The Kier molecular flexibility index (Phi) is 7.23. The van der Waals surface area contributed by atoms with Gasteiger partial charge in [0.2, 0.25) is 0 Å². The zero-order chi connectivity index (χ0) is 22.5. The first-order valence-electron chi connectivity index (χ1n) is 11.8. The lowest BCUT2D eigenvalue weighted by Crippen LogP contribution is -2.35. The van der Waals surface area contributed by atoms with E-state index in [0.29, 0.717) is 11.5 Å². The number of benzene rings is 2. The SMILES string of the molecule is CCC[C@H]1CC[C@@H]2C[C@H](OC(=O)c3ccc(OC(=O)c4ccccc4F)cc3)CC[C@@H]2C1. The van der Waals surface area contributed by atoms with Gasteiger partial charge in [-0.2, -0.15) is 0 Å². The van der Waals surface area contributed by atoms with Crippen molar-refractivity contribution in [1.29, 1.82) is 0 Å². The first-order chi connectivity index (χ1) is 15.5. The minimum absolute atomic E-state index is 0.0231. The number of hydrogen-bond acceptors (Lipinski definition) is 4. The first kappa shape index (κ1) is 22.5. The van der Waals surface area contributed by atoms with Crippen LogP contribution in [0, 0.1) is 23.6 Å². The third-order valence-corrected chi connectivity index (χ3v) is 7.04. The van der Waals surface area contributed by atoms with Crippen LogP contribution in [0.1, 0.15) is 79.0 Å². The van der Waals surface area contributed by atoms with E-state index in [1.165, 1.54) is 62.4 Å². The van der Waals surface area contributed by atoms with Crippen LogP contribution in [0.3, 0.4) is 0 Å². The predicted octanol–water partition coefficient (Wildman–Crippen LogP) is 6.59. The Bertz CT molecular complexity index is 939. The lowest BCUT2D eigenvalue weighted by molar-refractivity contribution is -0.00620. The normalized spacial score (nSPS) is 24.9. The molecule has 2 aromatic rings. The second-order valence-corrected chi connectivity index (χ2v) is 9.22. The standard InChI is InChI=1S/C27H31FO4/c1-2-5-18-8-9-21-17-23(15-12-20(21)16-18)32-26(29)19-10-13-22(14-11-19)31-27(30)24-6-3-4-7-25(24)28/h3-4,6-7,10-11,13-14,18,20-21,23H,2,5,8-9,12,15-17H2,1H3/t18-,20+,21+,23+/m0/s1. The minimum Gasteiger partial charge on any atom is -0.459 e. The molecule has 0 N–H and O–H groups in total. The maximum Gasteiger partial charge on any atom is 0.346 e. The summed E-state index contributed by atoms with van der Waals surface area (Å²) in [5.74, 6) is 0.842. The van der Waals surface area contributed by atoms with Gasteiger partial charge in [-0.3, -0.25) is 0 Å². The van der Waals surface area contributed by atoms with Crippen molar-refractivity contribution in [3.63, 3.8) is 0 Å². The summed E-state index contributed by atoms with van der Waals surface area (Å²) in [5.41, 5.74) is 0.291. The van der Waals surface area contributed by atoms with Gasteiger partial charge in [-0.25, -0.2) is 14.0 Å². The second-order valence-electron chi connectivity index (χ2n) is 9.22. The van der Waals surface area contributed by atoms with E-state index in [1.807, 2.05) is 0 Å². The number of esters is 2. The van der Waals surface area contributed by atoms with Crippen LogP contribution in [0.15, 0.2) is 48.5 Å². The summed E-state index contributed by atoms with van der Waals surface area (Å²) in [6.45, 7) is 2.27. The van der Waals surface area contributed by atoms with Crippen LogP contribution in [0.5, 0.6) is 5.75 Å². The molecule has 0 bridgehead atoms. The van der Waals surface area contributed by atoms with E-state index >= 15 is 0 Å². The lowest BCUT2D eigenvalue weighted by Gasteiger charge is -2.41. The Morgan fingerprint density at radius 2 is 1.62 bits per heavy atom. The smallest absolute Gasteiger partial charge is 0.346 e. The summed E-state index contributed by atoms with van der Waals surface area (Å²) < 4.78 is 24.8. The number of rotatable bonds is 6. The summed E-state index contributed by atoms with van der Waals surface area (Å²) in [7, 11) is 0. The van der Waals surface area contributed by atoms with E-state index < -0.39 is 11.8 Å². The van der Waals surface area contributed by atoms with Gasteiger partial charge in [0, 0.05) is 0 Å². The summed E-state index contributed by atoms with van der Waals surface area (Å²) >= 11 is 0. The quantitative estimate of drug-likeness (QED) is 0.377. The van der Waals surface area contributed by atoms with Crippen LogP contribution in [0.2, 0.25) is 0 Å². The van der Waals surface area contributed by atoms with Crippen LogP contribution in [0.25, 0.3) is 0 Å². The Morgan fingerprint density at radius 1 is 0.906 bits per heavy atom. The number of hydrogen-bond donors (Lipinski definition) is 0. The molecule has 2 fully saturated rings. The van der Waals surface area contributed by atoms with E-state index in [1.54, 1.807) is 18.2 Å². The van der Waals surface area contributed by atoms with Gasteiger partial charge in [-0.05, 0) is 86.3 Å². The van der Waals surface area contributed by atoms with Crippen molar-refractivity contribution in [2.45, 2.75) is 64.4 Å². The Morgan fingerprint density at radius 3 is 2.38 bits per heavy atom. The number of fused-ring (bicyclic) bond motifs is 1. The highest BCUT2D eigenvalue weighted by Crippen LogP contribution is 2.44. The van der Waals surface area contributed by atoms with Gasteiger partial charge in [0.1, 0.15) is 17.7 Å². The fraction of sp³-hybridized carbons (Fsp3) is 0.481. The molecule has 0 unspecified atom stereocenters. The van der Waals surface area contributed by atoms with Crippen molar-refractivity contribution >= 4 is 11.9 Å². The third-order valence-electron chi connectivity index (χ3n) is 7.04. The van der Waals surface area contributed by atoms with E-state index in [9.17, 15) is 14.0 Å². The Hall–Kier alpha value is -2.69. The number of carbonyl (C=O) groups is 2. The van der Waals surface area contributed by atoms with Gasteiger partial charge in [0.05, 0.1) is 11.1 Å². The molecule has 170 valence electrons. The molecule has 0 aliphatic heterocycles. The third kappa shape index (κ3) is 5.37. The highest BCUT2D eigenvalue weighted by molar-refractivity contribution is 5.92. The van der Waals surface area contributed by atoms with Crippen molar-refractivity contribution in [1.82, 2.24) is 0 Å². The first-order valence-corrected chi connectivity index (χ1v) is 11.8. The van der Waals surface area contributed by atoms with Crippen molar-refractivity contribution in [2.75, 3.05) is 0 Å². The highest BCUT2D eigenvalue weighted by Gasteiger charge is 2.36. The van der Waals surface area contributed by atoms with Crippen molar-refractivity contribution < 1.29 is 23.5 Å². The molecule has 2 aromatic carbocycles. The second kappa shape index (κ2) is 10.3. The fourth-order valence-electron chi connectivity index (χ4n) is 5.39. The molecule has 0 saturated heterocycles. The lowest BCUT2D eigenvalue weighted by atomic mass is 9.66. The van der Waals surface area contributed by atoms with Crippen molar-refractivity contribution in [3.05, 3.63) is 65.5 Å². The number of halogens is 1. The van der Waals surface area contributed by atoms with E-state index in [-0.39, 0.29) is 23.4 Å². The average molecular weight is 439 g/mol. The highest BCUT2D eigenvalue weighted by atomic mass is 19.1. The van der Waals surface area contributed by atoms with Gasteiger partial charge in [-0.1, -0.05) is 38.3 Å². The number of carbonyl (C=O) groups excluding carboxylic acids is 2. The molecule has 4 rings (SSSR count). The molecule has 4 nitrogen and oxygen atoms in total. The van der Waals surface area contributed by atoms with Gasteiger partial charge >= 0.3 is 11.9 Å². The molecule has 0 amide bonds. The topological polar surface area (TPSA) is 52.6 Å². The molecule has 2 saturated carbocycles. The Balaban J connectivity index is 1.29. The zero-order valence-corrected chi connectivity index (χ0v) is 18.6. The van der Waals surface area contributed by atoms with E-state index in [2.05, 4.69) is 6.92 Å². The number of ether oxygens (including phenoxy) is 2. The summed E-state index contributed by atoms with van der Waals surface area (Å²) in [6, 6.07) is 11.9. The Labute approximate surface area is 189 Å². The van der Waals surface area contributed by atoms with Crippen LogP contribution >= 0.6 is 0 Å². The zero-order valence-electron chi connectivity index (χ0n) is 18.6. The maximum absolute atomic E-state index is 13.7. The summed E-state index contributed by atoms with van der Waals surface area (Å²) in [5, 5.41) is 0. The van der Waals surface area contributed by atoms with Gasteiger partial charge in [-0.15, -0.1) is 0 Å². The molecular weight excluding hydrogens is 407 g/mol. The molecule has 32 heavy (non-hydrogen) atoms. The molecule has 5 heteroatoms.